The largest absolute Gasteiger partial charge is 0.480 e. The molecule has 1 aliphatic rings. The number of hydrogen-bond acceptors (Lipinski definition) is 3. The monoisotopic (exact) mass is 215 g/mol. The fourth-order valence-electron chi connectivity index (χ4n) is 1.82. The summed E-state index contributed by atoms with van der Waals surface area (Å²) in [5.41, 5.74) is 0. The third kappa shape index (κ3) is 2.92. The van der Waals surface area contributed by atoms with Gasteiger partial charge < -0.3 is 15.1 Å². The van der Waals surface area contributed by atoms with E-state index < -0.39 is 18.1 Å². The van der Waals surface area contributed by atoms with Crippen LogP contribution in [-0.4, -0.2) is 45.7 Å². The van der Waals surface area contributed by atoms with Gasteiger partial charge in [-0.3, -0.25) is 4.79 Å². The fourth-order valence-corrected chi connectivity index (χ4v) is 1.82. The molecule has 0 aliphatic carbocycles. The lowest BCUT2D eigenvalue weighted by Crippen LogP contribution is -2.42. The van der Waals surface area contributed by atoms with Crippen molar-refractivity contribution >= 4 is 11.9 Å². The van der Waals surface area contributed by atoms with Gasteiger partial charge in [-0.1, -0.05) is 19.8 Å². The van der Waals surface area contributed by atoms with E-state index in [-0.39, 0.29) is 18.9 Å². The van der Waals surface area contributed by atoms with Crippen LogP contribution in [0.4, 0.5) is 0 Å². The fraction of sp³-hybridized carbons (Fsp3) is 0.800. The Labute approximate surface area is 88.7 Å². The number of carbonyl (C=O) groups excluding carboxylic acids is 1. The minimum Gasteiger partial charge on any atom is -0.480 e. The van der Waals surface area contributed by atoms with Crippen molar-refractivity contribution in [1.29, 1.82) is 0 Å². The summed E-state index contributed by atoms with van der Waals surface area (Å²) >= 11 is 0. The molecule has 1 saturated heterocycles. The van der Waals surface area contributed by atoms with Gasteiger partial charge in [-0.25, -0.2) is 4.79 Å². The number of amides is 1. The van der Waals surface area contributed by atoms with Crippen LogP contribution in [0.3, 0.4) is 0 Å². The van der Waals surface area contributed by atoms with E-state index in [1.807, 2.05) is 6.92 Å². The summed E-state index contributed by atoms with van der Waals surface area (Å²) in [6.07, 6.45) is 1.48. The highest BCUT2D eigenvalue weighted by molar-refractivity contribution is 5.85. The van der Waals surface area contributed by atoms with Gasteiger partial charge in [0, 0.05) is 6.54 Å². The number of rotatable bonds is 5. The van der Waals surface area contributed by atoms with Crippen LogP contribution in [0.15, 0.2) is 0 Å². The number of aliphatic hydroxyl groups is 1. The molecule has 0 bridgehead atoms. The van der Waals surface area contributed by atoms with Crippen molar-refractivity contribution in [3.63, 3.8) is 0 Å². The second-order valence-electron chi connectivity index (χ2n) is 3.90. The summed E-state index contributed by atoms with van der Waals surface area (Å²) in [6, 6.07) is -0.769. The van der Waals surface area contributed by atoms with Gasteiger partial charge in [0.1, 0.15) is 6.04 Å². The summed E-state index contributed by atoms with van der Waals surface area (Å²) in [5.74, 6) is -1.24. The molecule has 0 spiro atoms. The number of carbonyl (C=O) groups is 2. The van der Waals surface area contributed by atoms with E-state index in [9.17, 15) is 14.7 Å². The Morgan fingerprint density at radius 1 is 1.67 bits per heavy atom. The second kappa shape index (κ2) is 5.11. The van der Waals surface area contributed by atoms with Gasteiger partial charge in [0.25, 0.3) is 0 Å². The highest BCUT2D eigenvalue weighted by Crippen LogP contribution is 2.18. The van der Waals surface area contributed by atoms with Crippen LogP contribution in [0.1, 0.15) is 32.6 Å². The first-order valence-electron chi connectivity index (χ1n) is 5.26. The molecular formula is C10H17NO4. The predicted octanol–water partition coefficient (Wildman–Crippen LogP) is 0.223. The minimum atomic E-state index is -0.981. The van der Waals surface area contributed by atoms with Crippen molar-refractivity contribution in [3.05, 3.63) is 0 Å². The summed E-state index contributed by atoms with van der Waals surface area (Å²) in [7, 11) is 0. The van der Waals surface area contributed by atoms with E-state index in [4.69, 9.17) is 5.11 Å². The summed E-state index contributed by atoms with van der Waals surface area (Å²) in [6.45, 7) is 2.12. The lowest BCUT2D eigenvalue weighted by molar-refractivity contribution is -0.148. The lowest BCUT2D eigenvalue weighted by Gasteiger charge is -2.23. The van der Waals surface area contributed by atoms with Crippen molar-refractivity contribution in [2.45, 2.75) is 44.8 Å². The zero-order valence-electron chi connectivity index (χ0n) is 8.85. The van der Waals surface area contributed by atoms with Crippen LogP contribution < -0.4 is 0 Å². The normalized spacial score (nSPS) is 23.2. The third-order valence-electron chi connectivity index (χ3n) is 2.63. The average Bonchev–Trinajstić information content (AvgIpc) is 2.46. The van der Waals surface area contributed by atoms with Gasteiger partial charge in [-0.2, -0.15) is 0 Å². The van der Waals surface area contributed by atoms with Crippen molar-refractivity contribution in [3.8, 4) is 0 Å². The molecule has 1 heterocycles. The van der Waals surface area contributed by atoms with E-state index in [1.54, 1.807) is 0 Å². The number of β-amino-alcohol motifs (C(OH)–C–C–N with tert-alkyl or cyclic N) is 1. The average molecular weight is 215 g/mol. The molecule has 5 heteroatoms. The molecule has 2 unspecified atom stereocenters. The Morgan fingerprint density at radius 2 is 2.33 bits per heavy atom. The van der Waals surface area contributed by atoms with Crippen LogP contribution in [0.2, 0.25) is 0 Å². The molecule has 0 saturated carbocycles. The molecule has 86 valence electrons. The predicted molar refractivity (Wildman–Crippen MR) is 53.3 cm³/mol. The van der Waals surface area contributed by atoms with Crippen LogP contribution >= 0.6 is 0 Å². The summed E-state index contributed by atoms with van der Waals surface area (Å²) < 4.78 is 0. The zero-order chi connectivity index (χ0) is 11.4. The number of likely N-dealkylation sites (tertiary alicyclic amines) is 1. The Hall–Kier alpha value is -1.10. The highest BCUT2D eigenvalue weighted by atomic mass is 16.4. The van der Waals surface area contributed by atoms with Gasteiger partial charge in [0.15, 0.2) is 0 Å². The molecule has 0 aromatic rings. The lowest BCUT2D eigenvalue weighted by atomic mass is 10.1. The van der Waals surface area contributed by atoms with E-state index in [0.717, 1.165) is 12.8 Å². The van der Waals surface area contributed by atoms with E-state index in [2.05, 4.69) is 0 Å². The molecule has 2 N–H and O–H groups in total. The number of aliphatic hydroxyl groups excluding tert-OH is 1. The summed E-state index contributed by atoms with van der Waals surface area (Å²) in [5, 5.41) is 18.3. The molecule has 1 fully saturated rings. The number of aliphatic carboxylic acids is 1. The van der Waals surface area contributed by atoms with Crippen LogP contribution in [0.5, 0.6) is 0 Å². The quantitative estimate of drug-likeness (QED) is 0.687. The van der Waals surface area contributed by atoms with E-state index in [1.165, 1.54) is 4.90 Å². The minimum absolute atomic E-state index is 0.0515. The Kier molecular flexibility index (Phi) is 4.08. The van der Waals surface area contributed by atoms with Crippen molar-refractivity contribution in [2.24, 2.45) is 0 Å². The number of hydrogen-bond donors (Lipinski definition) is 2. The molecule has 2 atom stereocenters. The molecule has 1 rings (SSSR count). The maximum absolute atomic E-state index is 11.4. The van der Waals surface area contributed by atoms with Gasteiger partial charge >= 0.3 is 5.97 Å². The smallest absolute Gasteiger partial charge is 0.326 e. The molecule has 1 aliphatic heterocycles. The number of carboxylic acid groups (broad SMARTS) is 1. The van der Waals surface area contributed by atoms with Crippen molar-refractivity contribution in [2.75, 3.05) is 6.54 Å². The molecule has 1 amide bonds. The Balaban J connectivity index is 2.63. The Bertz CT molecular complexity index is 254. The number of nitrogens with zero attached hydrogens (tertiary/aromatic N) is 1. The third-order valence-corrected chi connectivity index (χ3v) is 2.63. The first kappa shape index (κ1) is 12.0. The molecule has 0 radical (unpaired) electrons. The topological polar surface area (TPSA) is 77.8 Å². The molecular weight excluding hydrogens is 198 g/mol. The van der Waals surface area contributed by atoms with Gasteiger partial charge in [0.05, 0.1) is 12.5 Å². The first-order valence-corrected chi connectivity index (χ1v) is 5.26. The maximum atomic E-state index is 11.4. The molecule has 5 nitrogen and oxygen atoms in total. The number of carboxylic acids is 1. The van der Waals surface area contributed by atoms with Gasteiger partial charge in [-0.15, -0.1) is 0 Å². The van der Waals surface area contributed by atoms with Crippen molar-refractivity contribution < 1.29 is 19.8 Å². The SMILES string of the molecule is CCCCC(C(=O)O)N1CC(O)CC1=O. The maximum Gasteiger partial charge on any atom is 0.326 e. The van der Waals surface area contributed by atoms with Crippen molar-refractivity contribution in [1.82, 2.24) is 4.90 Å². The highest BCUT2D eigenvalue weighted by Gasteiger charge is 2.36. The molecule has 0 aromatic carbocycles. The second-order valence-corrected chi connectivity index (χ2v) is 3.90. The van der Waals surface area contributed by atoms with E-state index in [0.29, 0.717) is 6.42 Å². The van der Waals surface area contributed by atoms with Gasteiger partial charge in [-0.05, 0) is 6.42 Å². The standard InChI is InChI=1S/C10H17NO4/c1-2-3-4-8(10(14)15)11-6-7(12)5-9(11)13/h7-8,12H,2-6H2,1H3,(H,14,15). The van der Waals surface area contributed by atoms with Crippen LogP contribution in [0.25, 0.3) is 0 Å². The summed E-state index contributed by atoms with van der Waals surface area (Å²) in [4.78, 5) is 23.6. The van der Waals surface area contributed by atoms with Crippen LogP contribution in [0, 0.1) is 0 Å². The molecule has 15 heavy (non-hydrogen) atoms. The van der Waals surface area contributed by atoms with E-state index >= 15 is 0 Å². The van der Waals surface area contributed by atoms with Crippen LogP contribution in [-0.2, 0) is 9.59 Å². The Morgan fingerprint density at radius 3 is 2.73 bits per heavy atom. The first-order chi connectivity index (χ1) is 7.06. The number of unbranched alkanes of at least 4 members (excludes halogenated alkanes) is 1. The molecule has 0 aromatic heterocycles. The zero-order valence-corrected chi connectivity index (χ0v) is 8.85. The van der Waals surface area contributed by atoms with Gasteiger partial charge in [0.2, 0.25) is 5.91 Å².